The molecule has 0 aromatic heterocycles. The summed E-state index contributed by atoms with van der Waals surface area (Å²) in [6, 6.07) is 6.55. The van der Waals surface area contributed by atoms with Crippen LogP contribution < -0.4 is 10.0 Å². The van der Waals surface area contributed by atoms with Gasteiger partial charge in [0.05, 0.1) is 16.5 Å². The van der Waals surface area contributed by atoms with Crippen molar-refractivity contribution in [1.82, 2.24) is 10.0 Å². The van der Waals surface area contributed by atoms with Crippen LogP contribution in [0.5, 0.6) is 0 Å². The van der Waals surface area contributed by atoms with Gasteiger partial charge in [0.1, 0.15) is 0 Å². The lowest BCUT2D eigenvalue weighted by atomic mass is 10.2. The average Bonchev–Trinajstić information content (AvgIpc) is 2.37. The molecule has 1 aromatic rings. The molecule has 0 aliphatic heterocycles. The van der Waals surface area contributed by atoms with Crippen molar-refractivity contribution >= 4 is 10.0 Å². The zero-order chi connectivity index (χ0) is 14.3. The van der Waals surface area contributed by atoms with E-state index in [0.29, 0.717) is 17.7 Å². The van der Waals surface area contributed by atoms with Crippen LogP contribution in [0.1, 0.15) is 24.5 Å². The van der Waals surface area contributed by atoms with Crippen LogP contribution in [0.25, 0.3) is 0 Å². The summed E-state index contributed by atoms with van der Waals surface area (Å²) < 4.78 is 26.7. The minimum Gasteiger partial charge on any atom is -0.317 e. The number of hydrogen-bond acceptors (Lipinski definition) is 4. The highest BCUT2D eigenvalue weighted by Gasteiger charge is 2.16. The molecule has 0 aliphatic rings. The number of benzene rings is 1. The standard InChI is InChI=1S/C13H19N3O2S/c1-3-15-7-4-8-16-19(17,18)13-6-5-12(10-14)9-11(13)2/h5-6,9,15-16H,3-4,7-8H2,1-2H3. The molecule has 0 bridgehead atoms. The summed E-state index contributed by atoms with van der Waals surface area (Å²) in [7, 11) is -3.49. The summed E-state index contributed by atoms with van der Waals surface area (Å²) in [5.74, 6) is 0. The van der Waals surface area contributed by atoms with Crippen LogP contribution in [0.3, 0.4) is 0 Å². The predicted octanol–water partition coefficient (Wildman–Crippen LogP) is 1.14. The summed E-state index contributed by atoms with van der Waals surface area (Å²) in [5.41, 5.74) is 1.04. The first-order valence-electron chi connectivity index (χ1n) is 6.22. The molecule has 104 valence electrons. The first-order valence-corrected chi connectivity index (χ1v) is 7.70. The Morgan fingerprint density at radius 3 is 2.63 bits per heavy atom. The Kier molecular flexibility index (Phi) is 5.96. The van der Waals surface area contributed by atoms with Gasteiger partial charge in [-0.25, -0.2) is 13.1 Å². The van der Waals surface area contributed by atoms with Gasteiger partial charge >= 0.3 is 0 Å². The maximum absolute atomic E-state index is 12.1. The minimum absolute atomic E-state index is 0.231. The van der Waals surface area contributed by atoms with Crippen LogP contribution in [0.2, 0.25) is 0 Å². The fourth-order valence-electron chi connectivity index (χ4n) is 1.69. The van der Waals surface area contributed by atoms with E-state index in [0.717, 1.165) is 19.5 Å². The molecule has 0 saturated heterocycles. The maximum atomic E-state index is 12.1. The van der Waals surface area contributed by atoms with Crippen molar-refractivity contribution in [2.24, 2.45) is 0 Å². The van der Waals surface area contributed by atoms with Gasteiger partial charge in [0.2, 0.25) is 10.0 Å². The average molecular weight is 281 g/mol. The van der Waals surface area contributed by atoms with E-state index in [-0.39, 0.29) is 4.90 Å². The fraction of sp³-hybridized carbons (Fsp3) is 0.462. The summed E-state index contributed by atoms with van der Waals surface area (Å²) >= 11 is 0. The Labute approximate surface area is 114 Å². The van der Waals surface area contributed by atoms with Crippen molar-refractivity contribution in [1.29, 1.82) is 5.26 Å². The molecule has 5 nitrogen and oxygen atoms in total. The first-order chi connectivity index (χ1) is 9.01. The Morgan fingerprint density at radius 2 is 2.05 bits per heavy atom. The normalized spacial score (nSPS) is 11.2. The van der Waals surface area contributed by atoms with Crippen LogP contribution in [0, 0.1) is 18.3 Å². The number of nitrogens with zero attached hydrogens (tertiary/aromatic N) is 1. The van der Waals surface area contributed by atoms with Crippen LogP contribution >= 0.6 is 0 Å². The van der Waals surface area contributed by atoms with Gasteiger partial charge in [-0.15, -0.1) is 0 Å². The zero-order valence-corrected chi connectivity index (χ0v) is 12.0. The molecular formula is C13H19N3O2S. The molecular weight excluding hydrogens is 262 g/mol. The van der Waals surface area contributed by atoms with Gasteiger partial charge in [0.15, 0.2) is 0 Å². The van der Waals surface area contributed by atoms with Crippen molar-refractivity contribution in [2.45, 2.75) is 25.2 Å². The summed E-state index contributed by atoms with van der Waals surface area (Å²) in [6.07, 6.45) is 0.738. The lowest BCUT2D eigenvalue weighted by Gasteiger charge is -2.09. The second kappa shape index (κ2) is 7.24. The Balaban J connectivity index is 2.70. The molecule has 0 unspecified atom stereocenters. The molecule has 0 amide bonds. The van der Waals surface area contributed by atoms with Crippen molar-refractivity contribution in [3.63, 3.8) is 0 Å². The van der Waals surface area contributed by atoms with Gasteiger partial charge in [-0.2, -0.15) is 5.26 Å². The van der Waals surface area contributed by atoms with Crippen LogP contribution in [-0.2, 0) is 10.0 Å². The van der Waals surface area contributed by atoms with E-state index < -0.39 is 10.0 Å². The zero-order valence-electron chi connectivity index (χ0n) is 11.2. The monoisotopic (exact) mass is 281 g/mol. The highest BCUT2D eigenvalue weighted by molar-refractivity contribution is 7.89. The van der Waals surface area contributed by atoms with Gasteiger partial charge in [0, 0.05) is 6.54 Å². The quantitative estimate of drug-likeness (QED) is 0.734. The number of nitrogens with one attached hydrogen (secondary N) is 2. The van der Waals surface area contributed by atoms with Crippen molar-refractivity contribution in [3.05, 3.63) is 29.3 Å². The van der Waals surface area contributed by atoms with Gasteiger partial charge in [-0.3, -0.25) is 0 Å². The van der Waals surface area contributed by atoms with E-state index in [2.05, 4.69) is 10.0 Å². The Morgan fingerprint density at radius 1 is 1.32 bits per heavy atom. The van der Waals surface area contributed by atoms with Crippen molar-refractivity contribution in [2.75, 3.05) is 19.6 Å². The van der Waals surface area contributed by atoms with Crippen LogP contribution in [0.4, 0.5) is 0 Å². The molecule has 0 heterocycles. The molecule has 2 N–H and O–H groups in total. The molecule has 0 radical (unpaired) electrons. The molecule has 0 atom stereocenters. The lowest BCUT2D eigenvalue weighted by molar-refractivity contribution is 0.574. The number of nitriles is 1. The predicted molar refractivity (Wildman–Crippen MR) is 74.2 cm³/mol. The smallest absolute Gasteiger partial charge is 0.240 e. The lowest BCUT2D eigenvalue weighted by Crippen LogP contribution is -2.28. The van der Waals surface area contributed by atoms with Crippen molar-refractivity contribution < 1.29 is 8.42 Å². The molecule has 19 heavy (non-hydrogen) atoms. The van der Waals surface area contributed by atoms with Crippen LogP contribution in [-0.4, -0.2) is 28.1 Å². The summed E-state index contributed by atoms with van der Waals surface area (Å²) in [5, 5.41) is 11.9. The molecule has 0 aliphatic carbocycles. The maximum Gasteiger partial charge on any atom is 0.240 e. The van der Waals surface area contributed by atoms with E-state index in [1.807, 2.05) is 13.0 Å². The number of aryl methyl sites for hydroxylation is 1. The largest absolute Gasteiger partial charge is 0.317 e. The second-order valence-electron chi connectivity index (χ2n) is 4.20. The molecule has 0 fully saturated rings. The number of rotatable bonds is 7. The third-order valence-electron chi connectivity index (χ3n) is 2.67. The number of hydrogen-bond donors (Lipinski definition) is 2. The molecule has 6 heteroatoms. The summed E-state index contributed by atoms with van der Waals surface area (Å²) in [6.45, 7) is 5.75. The van der Waals surface area contributed by atoms with E-state index in [1.165, 1.54) is 12.1 Å². The van der Waals surface area contributed by atoms with E-state index >= 15 is 0 Å². The fourth-order valence-corrected chi connectivity index (χ4v) is 2.99. The van der Waals surface area contributed by atoms with Gasteiger partial charge in [-0.1, -0.05) is 6.92 Å². The van der Waals surface area contributed by atoms with Gasteiger partial charge in [0.25, 0.3) is 0 Å². The third kappa shape index (κ3) is 4.63. The van der Waals surface area contributed by atoms with Gasteiger partial charge < -0.3 is 5.32 Å². The first kappa shape index (κ1) is 15.6. The van der Waals surface area contributed by atoms with E-state index in [9.17, 15) is 8.42 Å². The topological polar surface area (TPSA) is 82.0 Å². The molecule has 1 rings (SSSR count). The minimum atomic E-state index is -3.49. The van der Waals surface area contributed by atoms with E-state index in [1.54, 1.807) is 13.0 Å². The van der Waals surface area contributed by atoms with Gasteiger partial charge in [-0.05, 0) is 50.2 Å². The highest BCUT2D eigenvalue weighted by Crippen LogP contribution is 2.16. The summed E-state index contributed by atoms with van der Waals surface area (Å²) in [4.78, 5) is 0.231. The molecule has 0 saturated carbocycles. The SMILES string of the molecule is CCNCCCNS(=O)(=O)c1ccc(C#N)cc1C. The Bertz CT molecular complexity index is 562. The van der Waals surface area contributed by atoms with Crippen molar-refractivity contribution in [3.8, 4) is 6.07 Å². The van der Waals surface area contributed by atoms with Crippen LogP contribution in [0.15, 0.2) is 23.1 Å². The van der Waals surface area contributed by atoms with E-state index in [4.69, 9.17) is 5.26 Å². The number of sulfonamides is 1. The molecule has 1 aromatic carbocycles. The molecule has 0 spiro atoms. The third-order valence-corrected chi connectivity index (χ3v) is 4.29. The Hall–Kier alpha value is -1.42. The highest BCUT2D eigenvalue weighted by atomic mass is 32.2. The second-order valence-corrected chi connectivity index (χ2v) is 5.93.